The van der Waals surface area contributed by atoms with Gasteiger partial charge in [-0.25, -0.2) is 4.79 Å². The Bertz CT molecular complexity index is 1070. The van der Waals surface area contributed by atoms with Crippen molar-refractivity contribution in [1.82, 2.24) is 15.1 Å². The van der Waals surface area contributed by atoms with Gasteiger partial charge in [0.15, 0.2) is 0 Å². The van der Waals surface area contributed by atoms with Crippen molar-refractivity contribution in [1.29, 1.82) is 0 Å². The smallest absolute Gasteiger partial charge is 0.407 e. The van der Waals surface area contributed by atoms with Gasteiger partial charge in [0.1, 0.15) is 11.2 Å². The van der Waals surface area contributed by atoms with E-state index >= 15 is 0 Å². The minimum Gasteiger partial charge on any atom is -0.481 e. The van der Waals surface area contributed by atoms with Crippen LogP contribution in [0.2, 0.25) is 0 Å². The largest absolute Gasteiger partial charge is 0.481 e. The molecule has 1 aromatic heterocycles. The first kappa shape index (κ1) is 20.2. The van der Waals surface area contributed by atoms with Gasteiger partial charge in [0.05, 0.1) is 18.7 Å². The summed E-state index contributed by atoms with van der Waals surface area (Å²) >= 11 is 3.37. The Morgan fingerprint density at radius 3 is 2.30 bits per heavy atom. The molecule has 0 saturated heterocycles. The average molecular weight is 470 g/mol. The summed E-state index contributed by atoms with van der Waals surface area (Å²) in [5.41, 5.74) is 5.09. The molecule has 0 aliphatic heterocycles. The number of rotatable bonds is 6. The number of aliphatic carboxylic acids is 1. The van der Waals surface area contributed by atoms with Gasteiger partial charge in [0.25, 0.3) is 0 Å². The molecule has 0 fully saturated rings. The second-order valence-corrected chi connectivity index (χ2v) is 7.89. The maximum absolute atomic E-state index is 12.5. The van der Waals surface area contributed by atoms with Crippen LogP contribution in [0.25, 0.3) is 11.1 Å². The second-order valence-electron chi connectivity index (χ2n) is 7.13. The second kappa shape index (κ2) is 8.31. The van der Waals surface area contributed by atoms with Crippen LogP contribution in [0.4, 0.5) is 4.79 Å². The van der Waals surface area contributed by atoms with Gasteiger partial charge in [-0.15, -0.1) is 0 Å². The molecule has 3 aromatic rings. The summed E-state index contributed by atoms with van der Waals surface area (Å²) in [6.07, 6.45) is 0.578. The number of halogens is 1. The number of aromatic nitrogens is 2. The number of carbonyl (C=O) groups is 2. The third-order valence-corrected chi connectivity index (χ3v) is 6.25. The van der Waals surface area contributed by atoms with Gasteiger partial charge >= 0.3 is 12.1 Å². The fourth-order valence-corrected chi connectivity index (χ4v) is 4.34. The zero-order valence-corrected chi connectivity index (χ0v) is 17.8. The van der Waals surface area contributed by atoms with E-state index in [1.807, 2.05) is 36.4 Å². The van der Waals surface area contributed by atoms with Crippen molar-refractivity contribution in [3.63, 3.8) is 0 Å². The molecule has 1 unspecified atom stereocenters. The highest BCUT2D eigenvalue weighted by Crippen LogP contribution is 2.44. The quantitative estimate of drug-likeness (QED) is 0.562. The van der Waals surface area contributed by atoms with Crippen LogP contribution < -0.4 is 5.32 Å². The van der Waals surface area contributed by atoms with Crippen LogP contribution in [0.3, 0.4) is 0 Å². The van der Waals surface area contributed by atoms with Crippen LogP contribution in [-0.2, 0) is 16.6 Å². The Balaban J connectivity index is 1.49. The fourth-order valence-electron chi connectivity index (χ4n) is 3.87. The number of nitrogens with zero attached hydrogens (tertiary/aromatic N) is 2. The number of hydrogen-bond acceptors (Lipinski definition) is 4. The lowest BCUT2D eigenvalue weighted by Gasteiger charge is -2.18. The Morgan fingerprint density at radius 2 is 1.77 bits per heavy atom. The third-order valence-electron chi connectivity index (χ3n) is 5.28. The molecule has 0 saturated carbocycles. The molecule has 0 radical (unpaired) electrons. The fraction of sp³-hybridized carbons (Fsp3) is 0.227. The molecule has 0 bridgehead atoms. The predicted octanol–water partition coefficient (Wildman–Crippen LogP) is 4.24. The molecule has 154 valence electrons. The molecule has 1 heterocycles. The molecular formula is C22H20BrN3O4. The first-order chi connectivity index (χ1) is 14.5. The van der Waals surface area contributed by atoms with Gasteiger partial charge in [0, 0.05) is 18.5 Å². The van der Waals surface area contributed by atoms with Crippen LogP contribution in [0.1, 0.15) is 35.1 Å². The molecule has 30 heavy (non-hydrogen) atoms. The van der Waals surface area contributed by atoms with Crippen molar-refractivity contribution in [2.75, 3.05) is 6.61 Å². The van der Waals surface area contributed by atoms with Crippen LogP contribution in [0, 0.1) is 0 Å². The molecule has 2 aromatic carbocycles. The van der Waals surface area contributed by atoms with Crippen LogP contribution in [-0.4, -0.2) is 33.6 Å². The van der Waals surface area contributed by atoms with E-state index in [1.165, 1.54) is 6.20 Å². The number of ether oxygens (including phenoxy) is 1. The zero-order chi connectivity index (χ0) is 21.3. The van der Waals surface area contributed by atoms with E-state index in [9.17, 15) is 14.7 Å². The maximum Gasteiger partial charge on any atom is 0.407 e. The van der Waals surface area contributed by atoms with Crippen molar-refractivity contribution in [2.24, 2.45) is 7.05 Å². The van der Waals surface area contributed by atoms with E-state index < -0.39 is 18.1 Å². The number of fused-ring (bicyclic) bond motifs is 3. The molecule has 7 nitrogen and oxygen atoms in total. The Labute approximate surface area is 181 Å². The van der Waals surface area contributed by atoms with E-state index in [0.717, 1.165) is 22.3 Å². The monoisotopic (exact) mass is 469 g/mol. The number of alkyl carbamates (subject to hydrolysis) is 1. The van der Waals surface area contributed by atoms with Gasteiger partial charge < -0.3 is 15.2 Å². The number of carboxylic acid groups (broad SMARTS) is 1. The summed E-state index contributed by atoms with van der Waals surface area (Å²) in [4.78, 5) is 23.8. The normalized spacial score (nSPS) is 13.4. The molecule has 1 atom stereocenters. The molecule has 4 rings (SSSR count). The number of carbonyl (C=O) groups excluding carboxylic acids is 1. The summed E-state index contributed by atoms with van der Waals surface area (Å²) in [7, 11) is 1.72. The highest BCUT2D eigenvalue weighted by atomic mass is 79.9. The third kappa shape index (κ3) is 3.82. The lowest BCUT2D eigenvalue weighted by atomic mass is 9.98. The van der Waals surface area contributed by atoms with E-state index in [2.05, 4.69) is 38.5 Å². The molecule has 0 spiro atoms. The maximum atomic E-state index is 12.5. The van der Waals surface area contributed by atoms with E-state index in [4.69, 9.17) is 4.74 Å². The molecular weight excluding hydrogens is 450 g/mol. The van der Waals surface area contributed by atoms with Crippen LogP contribution >= 0.6 is 15.9 Å². The molecule has 2 N–H and O–H groups in total. The first-order valence-corrected chi connectivity index (χ1v) is 10.3. The Hall–Kier alpha value is -3.13. The molecule has 1 aliphatic rings. The number of benzene rings is 2. The van der Waals surface area contributed by atoms with Crippen molar-refractivity contribution in [3.05, 3.63) is 76.0 Å². The van der Waals surface area contributed by atoms with Crippen LogP contribution in [0.5, 0.6) is 0 Å². The highest BCUT2D eigenvalue weighted by Gasteiger charge is 2.30. The lowest BCUT2D eigenvalue weighted by molar-refractivity contribution is -0.137. The Kier molecular flexibility index (Phi) is 5.59. The summed E-state index contributed by atoms with van der Waals surface area (Å²) in [5, 5.41) is 16.0. The van der Waals surface area contributed by atoms with E-state index in [1.54, 1.807) is 11.7 Å². The minimum absolute atomic E-state index is 0.0637. The SMILES string of the molecule is Cn1ncc(C(CC(=O)O)NC(=O)OCC2c3ccccc3-c3ccccc32)c1Br. The standard InChI is InChI=1S/C22H20BrN3O4/c1-26-21(23)17(11-24-26)19(10-20(27)28)25-22(29)30-12-18-15-8-4-2-6-13(15)14-7-3-5-9-16(14)18/h2-9,11,18-19H,10,12H2,1H3,(H,25,29)(H,27,28). The summed E-state index contributed by atoms with van der Waals surface area (Å²) < 4.78 is 7.70. The first-order valence-electron chi connectivity index (χ1n) is 9.46. The van der Waals surface area contributed by atoms with Gasteiger partial charge in [-0.3, -0.25) is 9.48 Å². The number of aryl methyl sites for hydroxylation is 1. The van der Waals surface area contributed by atoms with E-state index in [-0.39, 0.29) is 18.9 Å². The topological polar surface area (TPSA) is 93.5 Å². The predicted molar refractivity (Wildman–Crippen MR) is 114 cm³/mol. The minimum atomic E-state index is -1.03. The lowest BCUT2D eigenvalue weighted by Crippen LogP contribution is -2.31. The van der Waals surface area contributed by atoms with Gasteiger partial charge in [-0.1, -0.05) is 48.5 Å². The molecule has 1 amide bonds. The summed E-state index contributed by atoms with van der Waals surface area (Å²) in [6.45, 7) is 0.161. The zero-order valence-electron chi connectivity index (χ0n) is 16.2. The summed E-state index contributed by atoms with van der Waals surface area (Å²) in [6, 6.07) is 15.4. The van der Waals surface area contributed by atoms with Gasteiger partial charge in [0.2, 0.25) is 0 Å². The van der Waals surface area contributed by atoms with Crippen molar-refractivity contribution in [3.8, 4) is 11.1 Å². The van der Waals surface area contributed by atoms with Gasteiger partial charge in [-0.05, 0) is 38.2 Å². The molecule has 8 heteroatoms. The van der Waals surface area contributed by atoms with Crippen molar-refractivity contribution >= 4 is 28.0 Å². The molecule has 1 aliphatic carbocycles. The van der Waals surface area contributed by atoms with Crippen molar-refractivity contribution in [2.45, 2.75) is 18.4 Å². The van der Waals surface area contributed by atoms with Crippen LogP contribution in [0.15, 0.2) is 59.3 Å². The summed E-state index contributed by atoms with van der Waals surface area (Å²) in [5.74, 6) is -1.10. The highest BCUT2D eigenvalue weighted by molar-refractivity contribution is 9.10. The van der Waals surface area contributed by atoms with Crippen molar-refractivity contribution < 1.29 is 19.4 Å². The van der Waals surface area contributed by atoms with Gasteiger partial charge in [-0.2, -0.15) is 5.10 Å². The Morgan fingerprint density at radius 1 is 1.17 bits per heavy atom. The number of amides is 1. The van der Waals surface area contributed by atoms with E-state index in [0.29, 0.717) is 10.2 Å². The average Bonchev–Trinajstić information content (AvgIpc) is 3.23. The number of nitrogens with one attached hydrogen (secondary N) is 1. The number of carboxylic acids is 1. The number of hydrogen-bond donors (Lipinski definition) is 2.